The molecule has 1 fully saturated rings. The van der Waals surface area contributed by atoms with E-state index in [1.807, 2.05) is 0 Å². The van der Waals surface area contributed by atoms with Crippen LogP contribution in [0.3, 0.4) is 0 Å². The molecule has 8 heavy (non-hydrogen) atoms. The molecule has 2 unspecified atom stereocenters. The van der Waals surface area contributed by atoms with E-state index in [1.54, 1.807) is 0 Å². The Hall–Kier alpha value is 0.0400. The van der Waals surface area contributed by atoms with Crippen LogP contribution in [-0.2, 0) is 0 Å². The second kappa shape index (κ2) is 2.55. The standard InChI is InChI=1S/C4H6IN3/c5-3-1-2-4(3)7-8-6/h3-4H,1-2H2. The van der Waals surface area contributed by atoms with Crippen LogP contribution in [0.25, 0.3) is 10.4 Å². The monoisotopic (exact) mass is 223 g/mol. The lowest BCUT2D eigenvalue weighted by Crippen LogP contribution is -2.28. The number of nitrogens with zero attached hydrogens (tertiary/aromatic N) is 3. The van der Waals surface area contributed by atoms with Crippen LogP contribution in [-0.4, -0.2) is 9.97 Å². The molecule has 0 heterocycles. The normalized spacial score (nSPS) is 35.1. The Kier molecular flexibility index (Phi) is 1.96. The van der Waals surface area contributed by atoms with Crippen LogP contribution in [0.5, 0.6) is 0 Å². The molecule has 44 valence electrons. The second-order valence-electron chi connectivity index (χ2n) is 1.87. The lowest BCUT2D eigenvalue weighted by molar-refractivity contribution is 0.448. The zero-order chi connectivity index (χ0) is 5.98. The number of alkyl halides is 1. The first-order valence-corrected chi connectivity index (χ1v) is 3.77. The van der Waals surface area contributed by atoms with Gasteiger partial charge in [0.1, 0.15) is 0 Å². The molecule has 1 aliphatic carbocycles. The van der Waals surface area contributed by atoms with Gasteiger partial charge in [-0.15, -0.1) is 0 Å². The third kappa shape index (κ3) is 1.06. The van der Waals surface area contributed by atoms with Crippen molar-refractivity contribution in [1.29, 1.82) is 0 Å². The molecule has 4 heteroatoms. The molecule has 1 rings (SSSR count). The van der Waals surface area contributed by atoms with Crippen LogP contribution < -0.4 is 0 Å². The van der Waals surface area contributed by atoms with E-state index in [4.69, 9.17) is 5.53 Å². The molecule has 0 aromatic heterocycles. The van der Waals surface area contributed by atoms with Crippen LogP contribution in [0.1, 0.15) is 12.8 Å². The van der Waals surface area contributed by atoms with Crippen molar-refractivity contribution in [2.75, 3.05) is 0 Å². The first-order valence-electron chi connectivity index (χ1n) is 2.53. The van der Waals surface area contributed by atoms with Gasteiger partial charge in [0.25, 0.3) is 0 Å². The zero-order valence-electron chi connectivity index (χ0n) is 4.29. The maximum Gasteiger partial charge on any atom is 0.0492 e. The smallest absolute Gasteiger partial charge is 0.0492 e. The first-order chi connectivity index (χ1) is 3.84. The average molecular weight is 223 g/mol. The lowest BCUT2D eigenvalue weighted by atomic mass is 9.94. The van der Waals surface area contributed by atoms with E-state index in [0.717, 1.165) is 6.42 Å². The van der Waals surface area contributed by atoms with E-state index in [0.29, 0.717) is 9.97 Å². The summed E-state index contributed by atoms with van der Waals surface area (Å²) in [6, 6.07) is 0.292. The van der Waals surface area contributed by atoms with Gasteiger partial charge in [0.15, 0.2) is 0 Å². The van der Waals surface area contributed by atoms with E-state index >= 15 is 0 Å². The highest BCUT2D eigenvalue weighted by Crippen LogP contribution is 2.30. The van der Waals surface area contributed by atoms with Gasteiger partial charge in [0, 0.05) is 14.9 Å². The summed E-state index contributed by atoms with van der Waals surface area (Å²) < 4.78 is 0.600. The summed E-state index contributed by atoms with van der Waals surface area (Å²) in [7, 11) is 0. The first kappa shape index (κ1) is 6.16. The van der Waals surface area contributed by atoms with Gasteiger partial charge in [0.2, 0.25) is 0 Å². The van der Waals surface area contributed by atoms with Crippen molar-refractivity contribution in [2.45, 2.75) is 22.8 Å². The van der Waals surface area contributed by atoms with E-state index in [-0.39, 0.29) is 0 Å². The minimum absolute atomic E-state index is 0.292. The van der Waals surface area contributed by atoms with Crippen molar-refractivity contribution in [3.63, 3.8) is 0 Å². The third-order valence-electron chi connectivity index (χ3n) is 1.36. The molecule has 0 amide bonds. The topological polar surface area (TPSA) is 48.8 Å². The van der Waals surface area contributed by atoms with Crippen LogP contribution in [0.15, 0.2) is 5.11 Å². The van der Waals surface area contributed by atoms with Gasteiger partial charge in [0.05, 0.1) is 0 Å². The molecule has 3 nitrogen and oxygen atoms in total. The summed E-state index contributed by atoms with van der Waals surface area (Å²) in [6.07, 6.45) is 2.29. The molecule has 0 N–H and O–H groups in total. The fourth-order valence-corrected chi connectivity index (χ4v) is 1.50. The SMILES string of the molecule is [N-]=[N+]=NC1CCC1I. The summed E-state index contributed by atoms with van der Waals surface area (Å²) in [6.45, 7) is 0. The van der Waals surface area contributed by atoms with Gasteiger partial charge in [-0.25, -0.2) is 0 Å². The molecular weight excluding hydrogens is 217 g/mol. The van der Waals surface area contributed by atoms with Gasteiger partial charge in [-0.3, -0.25) is 0 Å². The van der Waals surface area contributed by atoms with Crippen LogP contribution in [0.4, 0.5) is 0 Å². The predicted octanol–water partition coefficient (Wildman–Crippen LogP) is 2.26. The molecular formula is C4H6IN3. The summed E-state index contributed by atoms with van der Waals surface area (Å²) in [5.74, 6) is 0. The van der Waals surface area contributed by atoms with Crippen molar-refractivity contribution < 1.29 is 0 Å². The van der Waals surface area contributed by atoms with Gasteiger partial charge >= 0.3 is 0 Å². The molecule has 1 aliphatic rings. The number of hydrogen-bond acceptors (Lipinski definition) is 1. The van der Waals surface area contributed by atoms with Crippen molar-refractivity contribution in [3.8, 4) is 0 Å². The maximum absolute atomic E-state index is 7.97. The van der Waals surface area contributed by atoms with E-state index in [1.165, 1.54) is 6.42 Å². The number of rotatable bonds is 1. The third-order valence-corrected chi connectivity index (χ3v) is 2.81. The van der Waals surface area contributed by atoms with Crippen LogP contribution in [0.2, 0.25) is 0 Å². The molecule has 0 aromatic rings. The van der Waals surface area contributed by atoms with Gasteiger partial charge in [-0.2, -0.15) is 0 Å². The Morgan fingerprint density at radius 2 is 2.38 bits per heavy atom. The Morgan fingerprint density at radius 3 is 2.50 bits per heavy atom. The Labute approximate surface area is 61.2 Å². The minimum atomic E-state index is 0.292. The van der Waals surface area contributed by atoms with Crippen LogP contribution in [0, 0.1) is 0 Å². The molecule has 0 bridgehead atoms. The number of halogens is 1. The largest absolute Gasteiger partial charge is 0.0895 e. The highest BCUT2D eigenvalue weighted by Gasteiger charge is 2.26. The summed E-state index contributed by atoms with van der Waals surface area (Å²) in [5.41, 5.74) is 7.97. The molecule has 0 saturated heterocycles. The highest BCUT2D eigenvalue weighted by molar-refractivity contribution is 14.1. The van der Waals surface area contributed by atoms with E-state index in [2.05, 4.69) is 32.6 Å². The molecule has 0 radical (unpaired) electrons. The lowest BCUT2D eigenvalue weighted by Gasteiger charge is -2.27. The van der Waals surface area contributed by atoms with Crippen molar-refractivity contribution in [2.24, 2.45) is 5.11 Å². The minimum Gasteiger partial charge on any atom is -0.0895 e. The maximum atomic E-state index is 7.97. The molecule has 0 aliphatic heterocycles. The van der Waals surface area contributed by atoms with Gasteiger partial charge in [-0.1, -0.05) is 27.7 Å². The highest BCUT2D eigenvalue weighted by atomic mass is 127. The number of azide groups is 1. The van der Waals surface area contributed by atoms with Crippen molar-refractivity contribution in [1.82, 2.24) is 0 Å². The van der Waals surface area contributed by atoms with Gasteiger partial charge < -0.3 is 0 Å². The predicted molar refractivity (Wildman–Crippen MR) is 40.0 cm³/mol. The van der Waals surface area contributed by atoms with Crippen molar-refractivity contribution >= 4 is 22.6 Å². The molecule has 0 aromatic carbocycles. The summed E-state index contributed by atoms with van der Waals surface area (Å²) in [4.78, 5) is 2.73. The number of hydrogen-bond donors (Lipinski definition) is 0. The fraction of sp³-hybridized carbons (Fsp3) is 1.00. The fourth-order valence-electron chi connectivity index (χ4n) is 0.638. The Balaban J connectivity index is 2.37. The summed E-state index contributed by atoms with van der Waals surface area (Å²) >= 11 is 2.31. The Morgan fingerprint density at radius 1 is 1.62 bits per heavy atom. The quantitative estimate of drug-likeness (QED) is 0.215. The van der Waals surface area contributed by atoms with Crippen LogP contribution >= 0.6 is 22.6 Å². The molecule has 2 atom stereocenters. The molecule has 1 saturated carbocycles. The van der Waals surface area contributed by atoms with E-state index in [9.17, 15) is 0 Å². The van der Waals surface area contributed by atoms with Gasteiger partial charge in [-0.05, 0) is 18.4 Å². The zero-order valence-corrected chi connectivity index (χ0v) is 6.45. The molecule has 0 spiro atoms. The Bertz CT molecular complexity index is 129. The second-order valence-corrected chi connectivity index (χ2v) is 3.47. The summed E-state index contributed by atoms with van der Waals surface area (Å²) in [5, 5.41) is 3.58. The van der Waals surface area contributed by atoms with Crippen molar-refractivity contribution in [3.05, 3.63) is 10.4 Å². The average Bonchev–Trinajstić information content (AvgIpc) is 1.79. The van der Waals surface area contributed by atoms with E-state index < -0.39 is 0 Å².